The molecule has 0 aliphatic heterocycles. The van der Waals surface area contributed by atoms with Crippen molar-refractivity contribution < 1.29 is 9.32 Å². The van der Waals surface area contributed by atoms with Crippen LogP contribution in [-0.4, -0.2) is 16.0 Å². The summed E-state index contributed by atoms with van der Waals surface area (Å²) in [6.07, 6.45) is 0. The maximum absolute atomic E-state index is 12.4. The molecule has 0 unspecified atom stereocenters. The molecular formula is C18H15N5O2S. The lowest BCUT2D eigenvalue weighted by atomic mass is 10.2. The number of aromatic nitrogens is 2. The molecule has 0 saturated carbocycles. The van der Waals surface area contributed by atoms with E-state index < -0.39 is 5.91 Å². The second-order valence-corrected chi connectivity index (χ2v) is 6.39. The van der Waals surface area contributed by atoms with Gasteiger partial charge >= 0.3 is 0 Å². The van der Waals surface area contributed by atoms with Gasteiger partial charge in [-0.2, -0.15) is 5.26 Å². The molecule has 3 aromatic rings. The summed E-state index contributed by atoms with van der Waals surface area (Å²) in [6, 6.07) is 14.3. The molecule has 0 saturated heterocycles. The smallest absolute Gasteiger partial charge is 0.259 e. The molecule has 8 heteroatoms. The Bertz CT molecular complexity index is 979. The number of aryl methyl sites for hydroxylation is 1. The van der Waals surface area contributed by atoms with Gasteiger partial charge in [-0.15, -0.1) is 0 Å². The van der Waals surface area contributed by atoms with Gasteiger partial charge in [-0.05, 0) is 25.1 Å². The van der Waals surface area contributed by atoms with Crippen molar-refractivity contribution in [3.8, 4) is 6.07 Å². The van der Waals surface area contributed by atoms with Gasteiger partial charge in [-0.25, -0.2) is 4.98 Å². The highest BCUT2D eigenvalue weighted by Crippen LogP contribution is 2.27. The lowest BCUT2D eigenvalue weighted by molar-refractivity contribution is 0.102. The molecule has 2 heterocycles. The van der Waals surface area contributed by atoms with Crippen molar-refractivity contribution in [2.24, 2.45) is 0 Å². The lowest BCUT2D eigenvalue weighted by Crippen LogP contribution is -2.15. The molecule has 2 aromatic heterocycles. The number of nitrogens with zero attached hydrogens (tertiary/aromatic N) is 3. The monoisotopic (exact) mass is 365 g/mol. The number of anilines is 2. The van der Waals surface area contributed by atoms with Crippen molar-refractivity contribution in [2.75, 3.05) is 11.1 Å². The molecule has 3 N–H and O–H groups in total. The van der Waals surface area contributed by atoms with Crippen molar-refractivity contribution in [3.63, 3.8) is 0 Å². The maximum Gasteiger partial charge on any atom is 0.259 e. The van der Waals surface area contributed by atoms with Crippen molar-refractivity contribution >= 4 is 29.2 Å². The Morgan fingerprint density at radius 1 is 1.35 bits per heavy atom. The molecule has 0 radical (unpaired) electrons. The minimum atomic E-state index is -0.417. The first-order valence-corrected chi connectivity index (χ1v) is 8.67. The van der Waals surface area contributed by atoms with Crippen LogP contribution in [0.5, 0.6) is 0 Å². The van der Waals surface area contributed by atoms with Crippen LogP contribution in [0.3, 0.4) is 0 Å². The molecule has 130 valence electrons. The Hall–Kier alpha value is -3.31. The first-order chi connectivity index (χ1) is 12.6. The number of nitrogens with two attached hydrogens (primary N) is 1. The number of benzene rings is 1. The van der Waals surface area contributed by atoms with Crippen LogP contribution in [0.15, 0.2) is 52.0 Å². The molecule has 0 atom stereocenters. The van der Waals surface area contributed by atoms with Gasteiger partial charge in [0.15, 0.2) is 0 Å². The van der Waals surface area contributed by atoms with E-state index in [1.54, 1.807) is 12.1 Å². The van der Waals surface area contributed by atoms with E-state index >= 15 is 0 Å². The number of rotatable bonds is 5. The van der Waals surface area contributed by atoms with E-state index in [0.717, 1.165) is 5.69 Å². The minimum absolute atomic E-state index is 0.0636. The standard InChI is InChI=1S/C18H15N5O2S/c1-11-7-14(25-23-11)10-26-18-12(9-19)8-15(16(20)22-18)17(24)21-13-5-3-2-4-6-13/h2-8H,10H2,1H3,(H2,20,22)(H,21,24). The normalized spacial score (nSPS) is 10.3. The van der Waals surface area contributed by atoms with Crippen LogP contribution < -0.4 is 11.1 Å². The first-order valence-electron chi connectivity index (χ1n) is 7.69. The lowest BCUT2D eigenvalue weighted by Gasteiger charge is -2.09. The van der Waals surface area contributed by atoms with Gasteiger partial charge in [0.1, 0.15) is 22.7 Å². The summed E-state index contributed by atoms with van der Waals surface area (Å²) in [7, 11) is 0. The average Bonchev–Trinajstić information content (AvgIpc) is 3.06. The number of nitrogens with one attached hydrogen (secondary N) is 1. The SMILES string of the molecule is Cc1cc(CSc2nc(N)c(C(=O)Nc3ccccc3)cc2C#N)on1. The fourth-order valence-electron chi connectivity index (χ4n) is 2.23. The number of pyridine rings is 1. The fraction of sp³-hybridized carbons (Fsp3) is 0.111. The molecule has 7 nitrogen and oxygen atoms in total. The van der Waals surface area contributed by atoms with E-state index in [2.05, 4.69) is 21.5 Å². The summed E-state index contributed by atoms with van der Waals surface area (Å²) >= 11 is 1.30. The first kappa shape index (κ1) is 17.5. The van der Waals surface area contributed by atoms with Crippen LogP contribution in [0.25, 0.3) is 0 Å². The Morgan fingerprint density at radius 3 is 2.77 bits per heavy atom. The largest absolute Gasteiger partial charge is 0.383 e. The van der Waals surface area contributed by atoms with Crippen LogP contribution in [0.1, 0.15) is 27.4 Å². The van der Waals surface area contributed by atoms with Crippen LogP contribution >= 0.6 is 11.8 Å². The predicted octanol–water partition coefficient (Wildman–Crippen LogP) is 3.38. The van der Waals surface area contributed by atoms with Crippen LogP contribution in [0.4, 0.5) is 11.5 Å². The van der Waals surface area contributed by atoms with Gasteiger partial charge in [-0.1, -0.05) is 35.1 Å². The number of thioether (sulfide) groups is 1. The Morgan fingerprint density at radius 2 is 2.12 bits per heavy atom. The maximum atomic E-state index is 12.4. The molecule has 0 fully saturated rings. The number of hydrogen-bond donors (Lipinski definition) is 2. The summed E-state index contributed by atoms with van der Waals surface area (Å²) in [5.41, 5.74) is 7.79. The average molecular weight is 365 g/mol. The number of amides is 1. The zero-order valence-electron chi connectivity index (χ0n) is 13.9. The van der Waals surface area contributed by atoms with E-state index in [1.165, 1.54) is 17.8 Å². The summed E-state index contributed by atoms with van der Waals surface area (Å²) in [5.74, 6) is 0.772. The molecule has 0 bridgehead atoms. The van der Waals surface area contributed by atoms with E-state index in [1.807, 2.05) is 31.2 Å². The molecule has 26 heavy (non-hydrogen) atoms. The Kier molecular flexibility index (Phi) is 5.20. The zero-order chi connectivity index (χ0) is 18.5. The number of para-hydroxylation sites is 1. The number of nitrogen functional groups attached to an aromatic ring is 1. The highest BCUT2D eigenvalue weighted by atomic mass is 32.2. The third kappa shape index (κ3) is 4.02. The van der Waals surface area contributed by atoms with Crippen LogP contribution in [-0.2, 0) is 5.75 Å². The molecule has 1 aromatic carbocycles. The van der Waals surface area contributed by atoms with Crippen molar-refractivity contribution in [2.45, 2.75) is 17.7 Å². The second-order valence-electron chi connectivity index (χ2n) is 5.43. The van der Waals surface area contributed by atoms with Gasteiger partial charge in [-0.3, -0.25) is 4.79 Å². The second kappa shape index (κ2) is 7.72. The number of carbonyl (C=O) groups excluding carboxylic acids is 1. The molecule has 0 spiro atoms. The van der Waals surface area contributed by atoms with Gasteiger partial charge in [0.05, 0.1) is 22.6 Å². The third-order valence-electron chi connectivity index (χ3n) is 3.44. The zero-order valence-corrected chi connectivity index (χ0v) is 14.7. The molecule has 3 rings (SSSR count). The number of carbonyl (C=O) groups is 1. The summed E-state index contributed by atoms with van der Waals surface area (Å²) < 4.78 is 5.14. The highest BCUT2D eigenvalue weighted by Gasteiger charge is 2.17. The van der Waals surface area contributed by atoms with E-state index in [4.69, 9.17) is 10.3 Å². The van der Waals surface area contributed by atoms with Crippen molar-refractivity contribution in [1.82, 2.24) is 10.1 Å². The van der Waals surface area contributed by atoms with E-state index in [0.29, 0.717) is 22.2 Å². The number of nitriles is 1. The summed E-state index contributed by atoms with van der Waals surface area (Å²) in [5, 5.41) is 16.4. The van der Waals surface area contributed by atoms with Gasteiger partial charge < -0.3 is 15.6 Å². The molecular weight excluding hydrogens is 350 g/mol. The van der Waals surface area contributed by atoms with E-state index in [-0.39, 0.29) is 16.9 Å². The van der Waals surface area contributed by atoms with E-state index in [9.17, 15) is 10.1 Å². The Balaban J connectivity index is 1.80. The quantitative estimate of drug-likeness (QED) is 0.665. The minimum Gasteiger partial charge on any atom is -0.383 e. The fourth-order valence-corrected chi connectivity index (χ4v) is 3.06. The van der Waals surface area contributed by atoms with Crippen LogP contribution in [0.2, 0.25) is 0 Å². The predicted molar refractivity (Wildman–Crippen MR) is 98.6 cm³/mol. The number of hydrogen-bond acceptors (Lipinski definition) is 7. The van der Waals surface area contributed by atoms with Crippen LogP contribution in [0, 0.1) is 18.3 Å². The Labute approximate surface area is 154 Å². The van der Waals surface area contributed by atoms with Gasteiger partial charge in [0.2, 0.25) is 0 Å². The molecule has 0 aliphatic carbocycles. The van der Waals surface area contributed by atoms with Crippen molar-refractivity contribution in [1.29, 1.82) is 5.26 Å². The molecule has 1 amide bonds. The summed E-state index contributed by atoms with van der Waals surface area (Å²) in [4.78, 5) is 16.6. The third-order valence-corrected chi connectivity index (χ3v) is 4.46. The highest BCUT2D eigenvalue weighted by molar-refractivity contribution is 7.98. The van der Waals surface area contributed by atoms with Gasteiger partial charge in [0.25, 0.3) is 5.91 Å². The topological polar surface area (TPSA) is 118 Å². The summed E-state index contributed by atoms with van der Waals surface area (Å²) in [6.45, 7) is 1.83. The van der Waals surface area contributed by atoms with Crippen molar-refractivity contribution in [3.05, 3.63) is 65.0 Å². The van der Waals surface area contributed by atoms with Gasteiger partial charge in [0, 0.05) is 11.8 Å². The molecule has 0 aliphatic rings.